The number of aromatic carboxylic acids is 1. The van der Waals surface area contributed by atoms with E-state index in [0.717, 1.165) is 4.90 Å². The maximum Gasteiger partial charge on any atom is 0.335 e. The normalized spacial score (nSPS) is 17.6. The lowest BCUT2D eigenvalue weighted by atomic mass is 9.91. The molecule has 0 saturated carbocycles. The number of likely N-dealkylation sites (tertiary alicyclic amines) is 1. The van der Waals surface area contributed by atoms with Crippen molar-refractivity contribution in [2.45, 2.75) is 38.5 Å². The van der Waals surface area contributed by atoms with Crippen LogP contribution in [0.1, 0.15) is 58.9 Å². The van der Waals surface area contributed by atoms with Gasteiger partial charge in [0.2, 0.25) is 0 Å². The Morgan fingerprint density at radius 2 is 1.91 bits per heavy atom. The number of alkyl halides is 2. The topological polar surface area (TPSA) is 57.6 Å². The second kappa shape index (κ2) is 6.02. The molecule has 0 aliphatic carbocycles. The quantitative estimate of drug-likeness (QED) is 0.931. The van der Waals surface area contributed by atoms with E-state index in [2.05, 4.69) is 0 Å². The molecule has 22 heavy (non-hydrogen) atoms. The molecule has 0 bridgehead atoms. The third-order valence-electron chi connectivity index (χ3n) is 3.82. The molecule has 1 N–H and O–H groups in total. The van der Waals surface area contributed by atoms with Crippen molar-refractivity contribution < 1.29 is 23.5 Å². The van der Waals surface area contributed by atoms with Crippen LogP contribution in [0.3, 0.4) is 0 Å². The third kappa shape index (κ3) is 3.26. The van der Waals surface area contributed by atoms with E-state index < -0.39 is 24.3 Å². The summed E-state index contributed by atoms with van der Waals surface area (Å²) >= 11 is 0. The van der Waals surface area contributed by atoms with Crippen molar-refractivity contribution in [1.29, 1.82) is 0 Å². The van der Waals surface area contributed by atoms with Crippen molar-refractivity contribution in [3.05, 3.63) is 34.9 Å². The summed E-state index contributed by atoms with van der Waals surface area (Å²) in [4.78, 5) is 25.0. The Morgan fingerprint density at radius 3 is 2.45 bits per heavy atom. The van der Waals surface area contributed by atoms with Gasteiger partial charge in [-0.05, 0) is 30.0 Å². The Bertz CT molecular complexity index is 599. The molecule has 1 aliphatic rings. The van der Waals surface area contributed by atoms with Crippen LogP contribution in [0.4, 0.5) is 8.78 Å². The number of rotatable bonds is 3. The zero-order valence-electron chi connectivity index (χ0n) is 12.6. The highest BCUT2D eigenvalue weighted by molar-refractivity contribution is 6.00. The first-order valence-corrected chi connectivity index (χ1v) is 7.26. The Labute approximate surface area is 127 Å². The van der Waals surface area contributed by atoms with E-state index >= 15 is 0 Å². The van der Waals surface area contributed by atoms with E-state index in [-0.39, 0.29) is 36.4 Å². The van der Waals surface area contributed by atoms with E-state index in [1.54, 1.807) is 13.8 Å². The Hall–Kier alpha value is -1.98. The molecule has 0 spiro atoms. The molecule has 0 unspecified atom stereocenters. The van der Waals surface area contributed by atoms with Crippen LogP contribution in [-0.4, -0.2) is 40.9 Å². The minimum Gasteiger partial charge on any atom is -0.478 e. The van der Waals surface area contributed by atoms with Crippen LogP contribution < -0.4 is 0 Å². The summed E-state index contributed by atoms with van der Waals surface area (Å²) in [5.74, 6) is -4.72. The second-order valence-electron chi connectivity index (χ2n) is 5.91. The Morgan fingerprint density at radius 1 is 1.27 bits per heavy atom. The second-order valence-corrected chi connectivity index (χ2v) is 5.91. The number of halogens is 2. The minimum absolute atomic E-state index is 0.0459. The van der Waals surface area contributed by atoms with Crippen LogP contribution in [0.15, 0.2) is 18.2 Å². The summed E-state index contributed by atoms with van der Waals surface area (Å²) in [6.45, 7) is 3.22. The molecule has 1 amide bonds. The van der Waals surface area contributed by atoms with Crippen LogP contribution in [-0.2, 0) is 0 Å². The SMILES string of the molecule is CC(C)c1c(C(=O)O)cccc1C(=O)N1CCCC(F)(F)C1. The first-order valence-electron chi connectivity index (χ1n) is 7.26. The predicted octanol–water partition coefficient (Wildman–Crippen LogP) is 3.38. The monoisotopic (exact) mass is 311 g/mol. The summed E-state index contributed by atoms with van der Waals surface area (Å²) in [7, 11) is 0. The highest BCUT2D eigenvalue weighted by atomic mass is 19.3. The number of carbonyl (C=O) groups excluding carboxylic acids is 1. The summed E-state index contributed by atoms with van der Waals surface area (Å²) in [6, 6.07) is 4.42. The molecule has 1 aromatic carbocycles. The Balaban J connectivity index is 2.41. The number of benzene rings is 1. The fourth-order valence-corrected chi connectivity index (χ4v) is 2.87. The molecule has 0 radical (unpaired) electrons. The fraction of sp³-hybridized carbons (Fsp3) is 0.500. The van der Waals surface area contributed by atoms with Gasteiger partial charge in [0.05, 0.1) is 12.1 Å². The molecule has 2 rings (SSSR count). The van der Waals surface area contributed by atoms with Gasteiger partial charge in [-0.15, -0.1) is 0 Å². The van der Waals surface area contributed by atoms with E-state index in [9.17, 15) is 23.5 Å². The van der Waals surface area contributed by atoms with E-state index in [4.69, 9.17) is 0 Å². The largest absolute Gasteiger partial charge is 0.478 e. The van der Waals surface area contributed by atoms with E-state index in [1.165, 1.54) is 18.2 Å². The lowest BCUT2D eigenvalue weighted by Gasteiger charge is -2.33. The van der Waals surface area contributed by atoms with Gasteiger partial charge in [-0.3, -0.25) is 4.79 Å². The molecule has 1 aliphatic heterocycles. The first kappa shape index (κ1) is 16.4. The summed E-state index contributed by atoms with van der Waals surface area (Å²) < 4.78 is 27.0. The zero-order valence-corrected chi connectivity index (χ0v) is 12.6. The first-order chi connectivity index (χ1) is 10.2. The Kier molecular flexibility index (Phi) is 4.49. The molecule has 4 nitrogen and oxygen atoms in total. The number of hydrogen-bond acceptors (Lipinski definition) is 2. The van der Waals surface area contributed by atoms with Crippen molar-refractivity contribution in [2.24, 2.45) is 0 Å². The molecule has 1 fully saturated rings. The number of amides is 1. The number of carbonyl (C=O) groups is 2. The number of carboxylic acids is 1. The molecular weight excluding hydrogens is 292 g/mol. The number of hydrogen-bond donors (Lipinski definition) is 1. The van der Waals surface area contributed by atoms with Gasteiger partial charge < -0.3 is 10.0 Å². The number of piperidine rings is 1. The summed E-state index contributed by atoms with van der Waals surface area (Å²) in [5, 5.41) is 9.27. The fourth-order valence-electron chi connectivity index (χ4n) is 2.87. The maximum atomic E-state index is 13.5. The van der Waals surface area contributed by atoms with Crippen LogP contribution >= 0.6 is 0 Å². The molecule has 120 valence electrons. The molecule has 1 heterocycles. The highest BCUT2D eigenvalue weighted by Gasteiger charge is 2.38. The number of carboxylic acid groups (broad SMARTS) is 1. The average molecular weight is 311 g/mol. The molecular formula is C16H19F2NO3. The van der Waals surface area contributed by atoms with E-state index in [0.29, 0.717) is 5.56 Å². The average Bonchev–Trinajstić information content (AvgIpc) is 2.44. The summed E-state index contributed by atoms with van der Waals surface area (Å²) in [5.41, 5.74) is 0.645. The molecule has 6 heteroatoms. The molecule has 1 aromatic rings. The smallest absolute Gasteiger partial charge is 0.335 e. The summed E-state index contributed by atoms with van der Waals surface area (Å²) in [6.07, 6.45) is 0.0252. The lowest BCUT2D eigenvalue weighted by Crippen LogP contribution is -2.46. The van der Waals surface area contributed by atoms with Crippen molar-refractivity contribution >= 4 is 11.9 Å². The molecule has 1 saturated heterocycles. The van der Waals surface area contributed by atoms with E-state index in [1.807, 2.05) is 0 Å². The van der Waals surface area contributed by atoms with Gasteiger partial charge in [0, 0.05) is 18.5 Å². The molecule has 0 aromatic heterocycles. The van der Waals surface area contributed by atoms with Crippen molar-refractivity contribution in [3.63, 3.8) is 0 Å². The van der Waals surface area contributed by atoms with Crippen LogP contribution in [0.2, 0.25) is 0 Å². The van der Waals surface area contributed by atoms with Gasteiger partial charge in [-0.25, -0.2) is 13.6 Å². The van der Waals surface area contributed by atoms with Gasteiger partial charge in [0.15, 0.2) is 0 Å². The van der Waals surface area contributed by atoms with Crippen molar-refractivity contribution in [2.75, 3.05) is 13.1 Å². The predicted molar refractivity (Wildman–Crippen MR) is 77.6 cm³/mol. The van der Waals surface area contributed by atoms with Gasteiger partial charge >= 0.3 is 5.97 Å². The van der Waals surface area contributed by atoms with Crippen LogP contribution in [0.5, 0.6) is 0 Å². The maximum absolute atomic E-state index is 13.5. The zero-order chi connectivity index (χ0) is 16.5. The van der Waals surface area contributed by atoms with Crippen LogP contribution in [0.25, 0.3) is 0 Å². The highest BCUT2D eigenvalue weighted by Crippen LogP contribution is 2.30. The number of nitrogens with zero attached hydrogens (tertiary/aromatic N) is 1. The van der Waals surface area contributed by atoms with Crippen molar-refractivity contribution in [1.82, 2.24) is 4.90 Å². The molecule has 0 atom stereocenters. The van der Waals surface area contributed by atoms with Gasteiger partial charge in [-0.2, -0.15) is 0 Å². The minimum atomic E-state index is -2.88. The van der Waals surface area contributed by atoms with Gasteiger partial charge in [0.1, 0.15) is 0 Å². The van der Waals surface area contributed by atoms with Crippen LogP contribution in [0, 0.1) is 0 Å². The van der Waals surface area contributed by atoms with Crippen molar-refractivity contribution in [3.8, 4) is 0 Å². The lowest BCUT2D eigenvalue weighted by molar-refractivity contribution is -0.0560. The van der Waals surface area contributed by atoms with Gasteiger partial charge in [0.25, 0.3) is 11.8 Å². The third-order valence-corrected chi connectivity index (χ3v) is 3.82. The van der Waals surface area contributed by atoms with Gasteiger partial charge in [-0.1, -0.05) is 19.9 Å². The standard InChI is InChI=1S/C16H19F2NO3/c1-10(2)13-11(5-3-6-12(13)15(21)22)14(20)19-8-4-7-16(17,18)9-19/h3,5-6,10H,4,7-9H2,1-2H3,(H,21,22).